The van der Waals surface area contributed by atoms with Crippen LogP contribution in [0.3, 0.4) is 0 Å². The first-order valence-electron chi connectivity index (χ1n) is 4.38. The Hall–Kier alpha value is -0.760. The van der Waals surface area contributed by atoms with Gasteiger partial charge in [-0.1, -0.05) is 11.6 Å². The normalized spacial score (nSPS) is 15.8. The third-order valence-electron chi connectivity index (χ3n) is 2.48. The van der Waals surface area contributed by atoms with E-state index in [0.717, 1.165) is 24.9 Å². The van der Waals surface area contributed by atoms with Gasteiger partial charge in [-0.3, -0.25) is 0 Å². The van der Waals surface area contributed by atoms with Crippen molar-refractivity contribution in [2.45, 2.75) is 12.8 Å². The first-order chi connectivity index (χ1) is 6.20. The van der Waals surface area contributed by atoms with Gasteiger partial charge in [0.05, 0.1) is 5.69 Å². The van der Waals surface area contributed by atoms with E-state index in [1.54, 1.807) is 6.07 Å². The van der Waals surface area contributed by atoms with Crippen LogP contribution in [0, 0.1) is 5.82 Å². The third kappa shape index (κ3) is 1.39. The summed E-state index contributed by atoms with van der Waals surface area (Å²) >= 11 is 5.99. The summed E-state index contributed by atoms with van der Waals surface area (Å²) in [7, 11) is 1.90. The zero-order chi connectivity index (χ0) is 9.42. The van der Waals surface area contributed by atoms with E-state index < -0.39 is 0 Å². The fourth-order valence-electron chi connectivity index (χ4n) is 1.84. The minimum Gasteiger partial charge on any atom is -0.372 e. The van der Waals surface area contributed by atoms with Crippen LogP contribution in [0.1, 0.15) is 12.0 Å². The number of fused-ring (bicyclic) bond motifs is 1. The summed E-state index contributed by atoms with van der Waals surface area (Å²) in [6, 6.07) is 3.07. The fraction of sp³-hybridized carbons (Fsp3) is 0.400. The number of nitrogens with zero attached hydrogens (tertiary/aromatic N) is 1. The van der Waals surface area contributed by atoms with Gasteiger partial charge in [-0.05, 0) is 30.5 Å². The predicted molar refractivity (Wildman–Crippen MR) is 53.0 cm³/mol. The molecule has 0 atom stereocenters. The van der Waals surface area contributed by atoms with Crippen molar-refractivity contribution in [3.8, 4) is 0 Å². The van der Waals surface area contributed by atoms with Crippen molar-refractivity contribution in [2.24, 2.45) is 0 Å². The lowest BCUT2D eigenvalue weighted by Gasteiger charge is -2.28. The molecule has 0 bridgehead atoms. The molecule has 0 unspecified atom stereocenters. The van der Waals surface area contributed by atoms with E-state index in [4.69, 9.17) is 11.6 Å². The zero-order valence-electron chi connectivity index (χ0n) is 7.48. The second-order valence-corrected chi connectivity index (χ2v) is 3.79. The van der Waals surface area contributed by atoms with E-state index >= 15 is 0 Å². The van der Waals surface area contributed by atoms with Gasteiger partial charge < -0.3 is 4.90 Å². The number of anilines is 1. The molecule has 70 valence electrons. The topological polar surface area (TPSA) is 3.24 Å². The molecule has 0 amide bonds. The average molecular weight is 200 g/mol. The molecule has 2 rings (SSSR count). The highest BCUT2D eigenvalue weighted by atomic mass is 35.5. The van der Waals surface area contributed by atoms with Gasteiger partial charge in [-0.2, -0.15) is 0 Å². The first-order valence-corrected chi connectivity index (χ1v) is 4.76. The molecule has 1 aromatic rings. The second-order valence-electron chi connectivity index (χ2n) is 3.38. The highest BCUT2D eigenvalue weighted by molar-refractivity contribution is 6.31. The van der Waals surface area contributed by atoms with Crippen LogP contribution in [-0.4, -0.2) is 13.6 Å². The molecular weight excluding hydrogens is 189 g/mol. The van der Waals surface area contributed by atoms with E-state index in [9.17, 15) is 4.39 Å². The maximum absolute atomic E-state index is 13.4. The van der Waals surface area contributed by atoms with Crippen LogP contribution in [-0.2, 0) is 6.42 Å². The molecule has 1 aliphatic rings. The Bertz CT molecular complexity index is 338. The summed E-state index contributed by atoms with van der Waals surface area (Å²) in [4.78, 5) is 1.93. The molecule has 1 nitrogen and oxygen atoms in total. The average Bonchev–Trinajstić information content (AvgIpc) is 2.12. The predicted octanol–water partition coefficient (Wildman–Crippen LogP) is 2.86. The van der Waals surface area contributed by atoms with Gasteiger partial charge in [0.15, 0.2) is 0 Å². The van der Waals surface area contributed by atoms with Gasteiger partial charge in [-0.15, -0.1) is 0 Å². The Balaban J connectivity index is 2.60. The first kappa shape index (κ1) is 8.82. The van der Waals surface area contributed by atoms with Crippen LogP contribution >= 0.6 is 11.6 Å². The fourth-order valence-corrected chi connectivity index (χ4v) is 2.09. The quantitative estimate of drug-likeness (QED) is 0.621. The van der Waals surface area contributed by atoms with Crippen molar-refractivity contribution < 1.29 is 4.39 Å². The minimum absolute atomic E-state index is 0.165. The van der Waals surface area contributed by atoms with Crippen molar-refractivity contribution in [2.75, 3.05) is 18.5 Å². The maximum atomic E-state index is 13.4. The highest BCUT2D eigenvalue weighted by Gasteiger charge is 2.19. The number of halogens is 2. The summed E-state index contributed by atoms with van der Waals surface area (Å²) in [6.45, 7) is 0.907. The van der Waals surface area contributed by atoms with Crippen LogP contribution in [0.4, 0.5) is 10.1 Å². The van der Waals surface area contributed by atoms with Gasteiger partial charge in [0.1, 0.15) is 5.82 Å². The zero-order valence-corrected chi connectivity index (χ0v) is 8.24. The molecule has 0 fully saturated rings. The molecule has 13 heavy (non-hydrogen) atoms. The van der Waals surface area contributed by atoms with Crippen LogP contribution < -0.4 is 4.90 Å². The molecule has 1 heterocycles. The Kier molecular flexibility index (Phi) is 2.16. The Labute approximate surface area is 82.1 Å². The van der Waals surface area contributed by atoms with E-state index in [0.29, 0.717) is 10.7 Å². The van der Waals surface area contributed by atoms with E-state index in [1.807, 2.05) is 11.9 Å². The monoisotopic (exact) mass is 199 g/mol. The van der Waals surface area contributed by atoms with Crippen LogP contribution in [0.5, 0.6) is 0 Å². The SMILES string of the molecule is CN1CCCc2c(Cl)ccc(F)c21. The molecule has 0 aromatic heterocycles. The Morgan fingerprint density at radius 2 is 2.23 bits per heavy atom. The van der Waals surface area contributed by atoms with Crippen LogP contribution in [0.15, 0.2) is 12.1 Å². The molecule has 0 spiro atoms. The Morgan fingerprint density at radius 3 is 2.92 bits per heavy atom. The lowest BCUT2D eigenvalue weighted by Crippen LogP contribution is -2.26. The van der Waals surface area contributed by atoms with E-state index in [2.05, 4.69) is 0 Å². The number of rotatable bonds is 0. The molecule has 0 N–H and O–H groups in total. The lowest BCUT2D eigenvalue weighted by atomic mass is 10.0. The molecule has 0 saturated heterocycles. The molecular formula is C10H11ClFN. The third-order valence-corrected chi connectivity index (χ3v) is 2.83. The second kappa shape index (κ2) is 3.18. The summed E-state index contributed by atoms with van der Waals surface area (Å²) in [5.41, 5.74) is 1.63. The van der Waals surface area contributed by atoms with Gasteiger partial charge in [0.2, 0.25) is 0 Å². The van der Waals surface area contributed by atoms with Gasteiger partial charge in [0, 0.05) is 18.6 Å². The summed E-state index contributed by atoms with van der Waals surface area (Å²) < 4.78 is 13.4. The molecule has 0 radical (unpaired) electrons. The van der Waals surface area contributed by atoms with Crippen molar-refractivity contribution >= 4 is 17.3 Å². The van der Waals surface area contributed by atoms with Gasteiger partial charge in [-0.25, -0.2) is 4.39 Å². The van der Waals surface area contributed by atoms with Crippen LogP contribution in [0.25, 0.3) is 0 Å². The standard InChI is InChI=1S/C10H11ClFN/c1-13-6-2-3-7-8(11)4-5-9(12)10(7)13/h4-5H,2-3,6H2,1H3. The Morgan fingerprint density at radius 1 is 1.46 bits per heavy atom. The molecule has 1 aliphatic heterocycles. The summed E-state index contributed by atoms with van der Waals surface area (Å²) in [6.07, 6.45) is 1.93. The molecule has 1 aromatic carbocycles. The van der Waals surface area contributed by atoms with E-state index in [-0.39, 0.29) is 5.82 Å². The van der Waals surface area contributed by atoms with Crippen molar-refractivity contribution in [1.29, 1.82) is 0 Å². The number of hydrogen-bond donors (Lipinski definition) is 0. The largest absolute Gasteiger partial charge is 0.372 e. The molecule has 0 saturated carbocycles. The summed E-state index contributed by atoms with van der Waals surface area (Å²) in [5, 5.41) is 0.683. The van der Waals surface area contributed by atoms with E-state index in [1.165, 1.54) is 6.07 Å². The number of benzene rings is 1. The van der Waals surface area contributed by atoms with Crippen molar-refractivity contribution in [3.05, 3.63) is 28.5 Å². The summed E-state index contributed by atoms with van der Waals surface area (Å²) in [5.74, 6) is -0.165. The smallest absolute Gasteiger partial charge is 0.146 e. The highest BCUT2D eigenvalue weighted by Crippen LogP contribution is 2.33. The van der Waals surface area contributed by atoms with Gasteiger partial charge >= 0.3 is 0 Å². The molecule has 0 aliphatic carbocycles. The lowest BCUT2D eigenvalue weighted by molar-refractivity contribution is 0.608. The maximum Gasteiger partial charge on any atom is 0.146 e. The number of hydrogen-bond acceptors (Lipinski definition) is 1. The van der Waals surface area contributed by atoms with Crippen molar-refractivity contribution in [1.82, 2.24) is 0 Å². The van der Waals surface area contributed by atoms with Gasteiger partial charge in [0.25, 0.3) is 0 Å². The minimum atomic E-state index is -0.165. The van der Waals surface area contributed by atoms with Crippen molar-refractivity contribution in [3.63, 3.8) is 0 Å². The molecule has 3 heteroatoms. The van der Waals surface area contributed by atoms with Crippen LogP contribution in [0.2, 0.25) is 5.02 Å².